The Morgan fingerprint density at radius 1 is 1.33 bits per heavy atom. The Morgan fingerprint density at radius 3 is 2.07 bits per heavy atom. The Kier molecular flexibility index (Phi) is 5.08. The van der Waals surface area contributed by atoms with Crippen LogP contribution in [-0.4, -0.2) is 40.4 Å². The summed E-state index contributed by atoms with van der Waals surface area (Å²) in [5.74, 6) is 0. The summed E-state index contributed by atoms with van der Waals surface area (Å²) in [7, 11) is 0. The van der Waals surface area contributed by atoms with Crippen molar-refractivity contribution in [3.8, 4) is 0 Å². The molecule has 0 bridgehead atoms. The molecule has 0 saturated carbocycles. The van der Waals surface area contributed by atoms with E-state index in [-0.39, 0.29) is 12.1 Å². The summed E-state index contributed by atoms with van der Waals surface area (Å²) in [6, 6.07) is 0.0226. The average Bonchev–Trinajstić information content (AvgIpc) is 1.95. The summed E-state index contributed by atoms with van der Waals surface area (Å²) in [4.78, 5) is 13.3. The molecule has 4 heteroatoms. The van der Waals surface area contributed by atoms with Crippen molar-refractivity contribution in [2.24, 2.45) is 0 Å². The van der Waals surface area contributed by atoms with Crippen molar-refractivity contribution >= 4 is 6.09 Å². The number of rotatable bonds is 3. The highest BCUT2D eigenvalue weighted by Gasteiger charge is 2.24. The molecule has 0 saturated heterocycles. The van der Waals surface area contributed by atoms with Gasteiger partial charge >= 0.3 is 6.09 Å². The van der Waals surface area contributed by atoms with Crippen LogP contribution in [0.15, 0.2) is 0 Å². The van der Waals surface area contributed by atoms with Crippen LogP contribution < -0.4 is 0 Å². The van der Waals surface area contributed by atoms with Crippen LogP contribution in [0, 0.1) is 0 Å². The van der Waals surface area contributed by atoms with Crippen molar-refractivity contribution < 1.29 is 14.6 Å². The van der Waals surface area contributed by atoms with E-state index >= 15 is 0 Å². The number of carbonyl (C=O) groups is 1. The van der Waals surface area contributed by atoms with Crippen molar-refractivity contribution in [1.82, 2.24) is 4.90 Å². The highest BCUT2D eigenvalue weighted by Crippen LogP contribution is 2.12. The number of ether oxygens (including phenoxy) is 1. The maximum absolute atomic E-state index is 11.7. The molecule has 0 spiro atoms. The zero-order valence-corrected chi connectivity index (χ0v) is 10.6. The molecule has 0 fully saturated rings. The van der Waals surface area contributed by atoms with Gasteiger partial charge < -0.3 is 14.7 Å². The number of nitrogens with zero attached hydrogens (tertiary/aromatic N) is 1. The number of amides is 1. The van der Waals surface area contributed by atoms with Gasteiger partial charge in [-0.25, -0.2) is 4.79 Å². The lowest BCUT2D eigenvalue weighted by atomic mass is 10.2. The van der Waals surface area contributed by atoms with Gasteiger partial charge in [-0.05, 0) is 41.5 Å². The van der Waals surface area contributed by atoms with E-state index in [0.717, 1.165) is 0 Å². The molecule has 1 amide bonds. The van der Waals surface area contributed by atoms with Crippen LogP contribution in [0.3, 0.4) is 0 Å². The number of hydrogen-bond acceptors (Lipinski definition) is 3. The van der Waals surface area contributed by atoms with E-state index in [9.17, 15) is 9.90 Å². The van der Waals surface area contributed by atoms with Gasteiger partial charge in [-0.2, -0.15) is 0 Å². The van der Waals surface area contributed by atoms with Gasteiger partial charge in [0.05, 0.1) is 6.10 Å². The zero-order valence-electron chi connectivity index (χ0n) is 10.6. The number of hydrogen-bond donors (Lipinski definition) is 1. The van der Waals surface area contributed by atoms with Crippen molar-refractivity contribution in [3.05, 3.63) is 0 Å². The van der Waals surface area contributed by atoms with Gasteiger partial charge in [0.15, 0.2) is 0 Å². The second-order valence-corrected chi connectivity index (χ2v) is 5.08. The highest BCUT2D eigenvalue weighted by atomic mass is 16.6. The first-order valence-corrected chi connectivity index (χ1v) is 5.31. The van der Waals surface area contributed by atoms with E-state index in [0.29, 0.717) is 6.54 Å². The predicted octanol–water partition coefficient (Wildman–Crippen LogP) is 2.01. The molecule has 0 unspecified atom stereocenters. The van der Waals surface area contributed by atoms with Crippen molar-refractivity contribution in [3.63, 3.8) is 0 Å². The summed E-state index contributed by atoms with van der Waals surface area (Å²) in [5, 5.41) is 9.27. The normalized spacial score (nSPS) is 13.9. The predicted molar refractivity (Wildman–Crippen MR) is 59.8 cm³/mol. The first-order valence-electron chi connectivity index (χ1n) is 5.31. The summed E-state index contributed by atoms with van der Waals surface area (Å²) in [6.07, 6.45) is -0.918. The Bertz CT molecular complexity index is 206. The van der Waals surface area contributed by atoms with Gasteiger partial charge in [0.25, 0.3) is 0 Å². The smallest absolute Gasteiger partial charge is 0.410 e. The third-order valence-corrected chi connectivity index (χ3v) is 1.71. The van der Waals surface area contributed by atoms with Crippen LogP contribution in [0.1, 0.15) is 41.5 Å². The number of aliphatic hydroxyl groups excluding tert-OH is 1. The maximum atomic E-state index is 11.7. The highest BCUT2D eigenvalue weighted by molar-refractivity contribution is 5.68. The topological polar surface area (TPSA) is 49.8 Å². The number of carbonyl (C=O) groups excluding carboxylic acids is 1. The summed E-state index contributed by atoms with van der Waals surface area (Å²) >= 11 is 0. The molecule has 1 atom stereocenters. The molecule has 0 aliphatic carbocycles. The largest absolute Gasteiger partial charge is 0.444 e. The fraction of sp³-hybridized carbons (Fsp3) is 0.909. The zero-order chi connectivity index (χ0) is 12.2. The lowest BCUT2D eigenvalue weighted by molar-refractivity contribution is 0.00920. The average molecular weight is 217 g/mol. The second kappa shape index (κ2) is 5.35. The molecule has 4 nitrogen and oxygen atoms in total. The third kappa shape index (κ3) is 6.33. The van der Waals surface area contributed by atoms with E-state index in [1.807, 2.05) is 34.6 Å². The van der Waals surface area contributed by atoms with E-state index in [2.05, 4.69) is 0 Å². The van der Waals surface area contributed by atoms with Crippen LogP contribution in [0.5, 0.6) is 0 Å². The Hall–Kier alpha value is -0.770. The molecule has 0 rings (SSSR count). The van der Waals surface area contributed by atoms with Gasteiger partial charge in [-0.1, -0.05) is 0 Å². The van der Waals surface area contributed by atoms with Gasteiger partial charge in [0, 0.05) is 12.6 Å². The minimum atomic E-state index is -0.542. The molecule has 90 valence electrons. The quantitative estimate of drug-likeness (QED) is 0.786. The molecular weight excluding hydrogens is 194 g/mol. The van der Waals surface area contributed by atoms with Crippen LogP contribution in [0.2, 0.25) is 0 Å². The van der Waals surface area contributed by atoms with Gasteiger partial charge in [0.1, 0.15) is 5.60 Å². The van der Waals surface area contributed by atoms with E-state index in [1.165, 1.54) is 4.90 Å². The van der Waals surface area contributed by atoms with Crippen LogP contribution >= 0.6 is 0 Å². The lowest BCUT2D eigenvalue weighted by Gasteiger charge is -2.30. The molecule has 0 aromatic carbocycles. The van der Waals surface area contributed by atoms with Gasteiger partial charge in [-0.15, -0.1) is 0 Å². The van der Waals surface area contributed by atoms with Crippen LogP contribution in [0.25, 0.3) is 0 Å². The molecule has 0 radical (unpaired) electrons. The lowest BCUT2D eigenvalue weighted by Crippen LogP contribution is -2.44. The summed E-state index contributed by atoms with van der Waals surface area (Å²) in [6.45, 7) is 11.2. The molecule has 0 aliphatic rings. The Balaban J connectivity index is 4.43. The molecule has 0 aliphatic heterocycles. The summed E-state index contributed by atoms with van der Waals surface area (Å²) in [5.41, 5.74) is -0.497. The van der Waals surface area contributed by atoms with E-state index < -0.39 is 11.7 Å². The SMILES string of the molecule is CC(C)N(C[C@H](C)O)C(=O)OC(C)(C)C. The first-order chi connectivity index (χ1) is 6.63. The van der Waals surface area contributed by atoms with Gasteiger partial charge in [-0.3, -0.25) is 0 Å². The summed E-state index contributed by atoms with van der Waals surface area (Å²) < 4.78 is 5.24. The molecule has 1 N–H and O–H groups in total. The Morgan fingerprint density at radius 2 is 1.80 bits per heavy atom. The minimum Gasteiger partial charge on any atom is -0.444 e. The molecular formula is C11H23NO3. The fourth-order valence-corrected chi connectivity index (χ4v) is 1.10. The fourth-order valence-electron chi connectivity index (χ4n) is 1.10. The van der Waals surface area contributed by atoms with Crippen LogP contribution in [-0.2, 0) is 4.74 Å². The molecule has 0 aromatic heterocycles. The van der Waals surface area contributed by atoms with E-state index in [4.69, 9.17) is 4.74 Å². The minimum absolute atomic E-state index is 0.0226. The van der Waals surface area contributed by atoms with Crippen molar-refractivity contribution in [1.29, 1.82) is 0 Å². The van der Waals surface area contributed by atoms with Crippen molar-refractivity contribution in [2.75, 3.05) is 6.54 Å². The standard InChI is InChI=1S/C11H23NO3/c1-8(2)12(7-9(3)13)10(14)15-11(4,5)6/h8-9,13H,7H2,1-6H3/t9-/m0/s1. The van der Waals surface area contributed by atoms with Crippen LogP contribution in [0.4, 0.5) is 4.79 Å². The monoisotopic (exact) mass is 217 g/mol. The maximum Gasteiger partial charge on any atom is 0.410 e. The third-order valence-electron chi connectivity index (χ3n) is 1.71. The molecule has 0 aromatic rings. The van der Waals surface area contributed by atoms with Gasteiger partial charge in [0.2, 0.25) is 0 Å². The first kappa shape index (κ1) is 14.2. The van der Waals surface area contributed by atoms with E-state index in [1.54, 1.807) is 6.92 Å². The second-order valence-electron chi connectivity index (χ2n) is 5.08. The number of aliphatic hydroxyl groups is 1. The Labute approximate surface area is 92.2 Å². The molecule has 15 heavy (non-hydrogen) atoms. The molecule has 0 heterocycles. The van der Waals surface area contributed by atoms with Crippen molar-refractivity contribution in [2.45, 2.75) is 59.3 Å².